The van der Waals surface area contributed by atoms with Gasteiger partial charge in [-0.3, -0.25) is 4.79 Å². The van der Waals surface area contributed by atoms with Crippen LogP contribution in [0.25, 0.3) is 11.1 Å². The van der Waals surface area contributed by atoms with E-state index in [2.05, 4.69) is 10.6 Å². The van der Waals surface area contributed by atoms with Crippen molar-refractivity contribution in [2.75, 3.05) is 34.0 Å². The molecular formula is C24H30N2O6. The van der Waals surface area contributed by atoms with Gasteiger partial charge in [0.05, 0.1) is 20.8 Å². The minimum atomic E-state index is -0.457. The number of benzene rings is 2. The Bertz CT molecular complexity index is 1000. The molecule has 2 aromatic carbocycles. The summed E-state index contributed by atoms with van der Waals surface area (Å²) in [7, 11) is 3.13. The van der Waals surface area contributed by atoms with E-state index >= 15 is 0 Å². The van der Waals surface area contributed by atoms with Gasteiger partial charge in [-0.25, -0.2) is 4.79 Å². The van der Waals surface area contributed by atoms with Crippen LogP contribution in [0.1, 0.15) is 36.7 Å². The van der Waals surface area contributed by atoms with Crippen molar-refractivity contribution in [2.24, 2.45) is 5.41 Å². The van der Waals surface area contributed by atoms with Gasteiger partial charge in [0.25, 0.3) is 5.91 Å². The Balaban J connectivity index is 1.90. The fourth-order valence-electron chi connectivity index (χ4n) is 3.43. The average Bonchev–Trinajstić information content (AvgIpc) is 3.16. The first-order valence-electron chi connectivity index (χ1n) is 10.5. The van der Waals surface area contributed by atoms with Crippen LogP contribution < -0.4 is 24.8 Å². The van der Waals surface area contributed by atoms with Crippen LogP contribution in [-0.4, -0.2) is 46.0 Å². The third-order valence-corrected chi connectivity index (χ3v) is 5.12. The SMILES string of the molecule is CCNC(=O)OCC(C)(C)COc1c(-c2ccc3c(c2)CNC3=O)ccc(OC)c1OC. The molecule has 0 fully saturated rings. The van der Waals surface area contributed by atoms with Crippen LogP contribution in [0, 0.1) is 5.41 Å². The van der Waals surface area contributed by atoms with Gasteiger partial charge in [-0.15, -0.1) is 0 Å². The number of rotatable bonds is 9. The Morgan fingerprint density at radius 2 is 1.81 bits per heavy atom. The monoisotopic (exact) mass is 442 g/mol. The molecule has 0 saturated carbocycles. The second-order valence-electron chi connectivity index (χ2n) is 8.29. The van der Waals surface area contributed by atoms with Gasteiger partial charge in [-0.05, 0) is 42.3 Å². The lowest BCUT2D eigenvalue weighted by molar-refractivity contribution is 0.0680. The van der Waals surface area contributed by atoms with Crippen LogP contribution in [-0.2, 0) is 11.3 Å². The fourth-order valence-corrected chi connectivity index (χ4v) is 3.43. The molecule has 172 valence electrons. The van der Waals surface area contributed by atoms with Crippen LogP contribution in [0.3, 0.4) is 0 Å². The summed E-state index contributed by atoms with van der Waals surface area (Å²) < 4.78 is 22.6. The lowest BCUT2D eigenvalue weighted by Crippen LogP contribution is -2.32. The molecule has 3 rings (SSSR count). The fraction of sp³-hybridized carbons (Fsp3) is 0.417. The van der Waals surface area contributed by atoms with Crippen LogP contribution in [0.2, 0.25) is 0 Å². The van der Waals surface area contributed by atoms with Crippen molar-refractivity contribution in [3.05, 3.63) is 41.5 Å². The molecule has 1 heterocycles. The van der Waals surface area contributed by atoms with Crippen LogP contribution in [0.15, 0.2) is 30.3 Å². The smallest absolute Gasteiger partial charge is 0.407 e. The highest BCUT2D eigenvalue weighted by Gasteiger charge is 2.26. The average molecular weight is 443 g/mol. The Labute approximate surface area is 188 Å². The maximum absolute atomic E-state index is 11.9. The van der Waals surface area contributed by atoms with Crippen molar-refractivity contribution >= 4 is 12.0 Å². The molecule has 1 aliphatic heterocycles. The summed E-state index contributed by atoms with van der Waals surface area (Å²) in [4.78, 5) is 23.6. The number of nitrogens with one attached hydrogen (secondary N) is 2. The van der Waals surface area contributed by atoms with Crippen LogP contribution in [0.5, 0.6) is 17.2 Å². The van der Waals surface area contributed by atoms with Crippen molar-refractivity contribution in [3.63, 3.8) is 0 Å². The molecular weight excluding hydrogens is 412 g/mol. The Morgan fingerprint density at radius 3 is 2.50 bits per heavy atom. The minimum absolute atomic E-state index is 0.0656. The van der Waals surface area contributed by atoms with Crippen molar-refractivity contribution in [2.45, 2.75) is 27.3 Å². The third kappa shape index (κ3) is 5.07. The summed E-state index contributed by atoms with van der Waals surface area (Å²) >= 11 is 0. The zero-order valence-corrected chi connectivity index (χ0v) is 19.2. The second kappa shape index (κ2) is 9.80. The largest absolute Gasteiger partial charge is 0.493 e. The van der Waals surface area contributed by atoms with E-state index in [9.17, 15) is 9.59 Å². The summed E-state index contributed by atoms with van der Waals surface area (Å²) in [6.45, 7) is 7.19. The lowest BCUT2D eigenvalue weighted by atomic mass is 9.96. The van der Waals surface area contributed by atoms with Crippen LogP contribution >= 0.6 is 0 Å². The molecule has 2 aromatic rings. The van der Waals surface area contributed by atoms with Gasteiger partial charge in [-0.2, -0.15) is 0 Å². The van der Waals surface area contributed by atoms with E-state index in [1.807, 2.05) is 51.1 Å². The van der Waals surface area contributed by atoms with E-state index in [1.165, 1.54) is 0 Å². The first kappa shape index (κ1) is 23.2. The number of hydrogen-bond donors (Lipinski definition) is 2. The van der Waals surface area contributed by atoms with Gasteiger partial charge in [-0.1, -0.05) is 19.9 Å². The lowest BCUT2D eigenvalue weighted by Gasteiger charge is -2.26. The first-order chi connectivity index (χ1) is 15.3. The summed E-state index contributed by atoms with van der Waals surface area (Å²) in [5, 5.41) is 5.45. The molecule has 0 radical (unpaired) electrons. The molecule has 0 bridgehead atoms. The molecule has 2 N–H and O–H groups in total. The molecule has 1 aliphatic rings. The van der Waals surface area contributed by atoms with E-state index in [0.29, 0.717) is 35.9 Å². The summed E-state index contributed by atoms with van der Waals surface area (Å²) in [6.07, 6.45) is -0.457. The standard InChI is InChI=1S/C24H30N2O6/c1-6-25-23(28)32-14-24(2,3)13-31-20-17(9-10-19(29-4)21(20)30-5)15-7-8-18-16(11-15)12-26-22(18)27/h7-11H,6,12-14H2,1-5H3,(H,25,28)(H,26,27). The number of ether oxygens (including phenoxy) is 4. The second-order valence-corrected chi connectivity index (χ2v) is 8.29. The Hall–Kier alpha value is -3.42. The zero-order chi connectivity index (χ0) is 23.3. The first-order valence-corrected chi connectivity index (χ1v) is 10.5. The molecule has 0 saturated heterocycles. The minimum Gasteiger partial charge on any atom is -0.493 e. The highest BCUT2D eigenvalue weighted by atomic mass is 16.6. The predicted molar refractivity (Wildman–Crippen MR) is 120 cm³/mol. The molecule has 2 amide bonds. The number of amides is 2. The molecule has 0 spiro atoms. The zero-order valence-electron chi connectivity index (χ0n) is 19.2. The normalized spacial score (nSPS) is 12.6. The summed E-state index contributed by atoms with van der Waals surface area (Å²) in [5.74, 6) is 1.47. The number of carbonyl (C=O) groups excluding carboxylic acids is 2. The molecule has 8 nitrogen and oxygen atoms in total. The van der Waals surface area contributed by atoms with E-state index in [-0.39, 0.29) is 19.1 Å². The summed E-state index contributed by atoms with van der Waals surface area (Å²) in [5.41, 5.74) is 2.87. The van der Waals surface area contributed by atoms with Gasteiger partial charge >= 0.3 is 6.09 Å². The van der Waals surface area contributed by atoms with E-state index in [4.69, 9.17) is 18.9 Å². The molecule has 0 atom stereocenters. The van der Waals surface area contributed by atoms with E-state index < -0.39 is 11.5 Å². The van der Waals surface area contributed by atoms with Crippen molar-refractivity contribution in [3.8, 4) is 28.4 Å². The van der Waals surface area contributed by atoms with Gasteiger partial charge in [0, 0.05) is 29.6 Å². The molecule has 32 heavy (non-hydrogen) atoms. The predicted octanol–water partition coefficient (Wildman–Crippen LogP) is 3.77. The quantitative estimate of drug-likeness (QED) is 0.614. The topological polar surface area (TPSA) is 95.1 Å². The molecule has 0 unspecified atom stereocenters. The Morgan fingerprint density at radius 1 is 1.06 bits per heavy atom. The summed E-state index contributed by atoms with van der Waals surface area (Å²) in [6, 6.07) is 9.41. The number of carbonyl (C=O) groups is 2. The molecule has 0 aromatic heterocycles. The number of methoxy groups -OCH3 is 2. The molecule has 0 aliphatic carbocycles. The van der Waals surface area contributed by atoms with Crippen molar-refractivity contribution < 1.29 is 28.5 Å². The highest BCUT2D eigenvalue weighted by molar-refractivity contribution is 5.99. The van der Waals surface area contributed by atoms with Gasteiger partial charge in [0.2, 0.25) is 5.75 Å². The van der Waals surface area contributed by atoms with Crippen LogP contribution in [0.4, 0.5) is 4.79 Å². The van der Waals surface area contributed by atoms with Crippen molar-refractivity contribution in [1.29, 1.82) is 0 Å². The molecule has 8 heteroatoms. The Kier molecular flexibility index (Phi) is 7.12. The van der Waals surface area contributed by atoms with Gasteiger partial charge in [0.1, 0.15) is 6.61 Å². The maximum atomic E-state index is 11.9. The third-order valence-electron chi connectivity index (χ3n) is 5.12. The number of fused-ring (bicyclic) bond motifs is 1. The van der Waals surface area contributed by atoms with E-state index in [0.717, 1.165) is 16.7 Å². The number of alkyl carbamates (subject to hydrolysis) is 1. The van der Waals surface area contributed by atoms with Gasteiger partial charge < -0.3 is 29.6 Å². The van der Waals surface area contributed by atoms with Crippen molar-refractivity contribution in [1.82, 2.24) is 10.6 Å². The van der Waals surface area contributed by atoms with Gasteiger partial charge in [0.15, 0.2) is 11.5 Å². The maximum Gasteiger partial charge on any atom is 0.407 e. The highest BCUT2D eigenvalue weighted by Crippen LogP contribution is 2.45. The van der Waals surface area contributed by atoms with E-state index in [1.54, 1.807) is 14.2 Å². The number of hydrogen-bond acceptors (Lipinski definition) is 6.